The summed E-state index contributed by atoms with van der Waals surface area (Å²) in [6.07, 6.45) is -0.550. The highest BCUT2D eigenvalue weighted by Crippen LogP contribution is 2.04. The summed E-state index contributed by atoms with van der Waals surface area (Å²) in [6.45, 7) is 1.63. The molecule has 5 nitrogen and oxygen atoms in total. The van der Waals surface area contributed by atoms with Gasteiger partial charge in [0.05, 0.1) is 0 Å². The van der Waals surface area contributed by atoms with Gasteiger partial charge in [-0.1, -0.05) is 5.16 Å². The van der Waals surface area contributed by atoms with Gasteiger partial charge in [0.15, 0.2) is 5.78 Å². The van der Waals surface area contributed by atoms with Gasteiger partial charge in [-0.05, 0) is 6.92 Å². The smallest absolute Gasteiger partial charge is 0.311 e. The van der Waals surface area contributed by atoms with Gasteiger partial charge in [0.2, 0.25) is 0 Å². The van der Waals surface area contributed by atoms with Crippen LogP contribution in [0.3, 0.4) is 0 Å². The predicted octanol–water partition coefficient (Wildman–Crippen LogP) is 0.640. The van der Waals surface area contributed by atoms with Crippen molar-refractivity contribution in [2.45, 2.75) is 13.3 Å². The van der Waals surface area contributed by atoms with E-state index in [1.54, 1.807) is 6.92 Å². The third-order valence-corrected chi connectivity index (χ3v) is 1.23. The molecule has 0 atom stereocenters. The van der Waals surface area contributed by atoms with E-state index in [9.17, 15) is 9.59 Å². The van der Waals surface area contributed by atoms with Crippen molar-refractivity contribution in [3.05, 3.63) is 17.5 Å². The van der Waals surface area contributed by atoms with Crippen molar-refractivity contribution in [1.82, 2.24) is 5.16 Å². The first kappa shape index (κ1) is 8.45. The lowest BCUT2D eigenvalue weighted by Crippen LogP contribution is -2.06. The van der Waals surface area contributed by atoms with Crippen molar-refractivity contribution >= 4 is 11.8 Å². The van der Waals surface area contributed by atoms with Crippen LogP contribution >= 0.6 is 0 Å². The molecular weight excluding hydrogens is 162 g/mol. The Morgan fingerprint density at radius 3 is 2.75 bits per heavy atom. The molecule has 12 heavy (non-hydrogen) atoms. The quantitative estimate of drug-likeness (QED) is 0.530. The molecule has 0 aliphatic rings. The lowest BCUT2D eigenvalue weighted by atomic mass is 10.2. The van der Waals surface area contributed by atoms with Crippen molar-refractivity contribution in [3.8, 4) is 0 Å². The van der Waals surface area contributed by atoms with Gasteiger partial charge >= 0.3 is 5.97 Å². The fraction of sp³-hybridized carbons (Fsp3) is 0.286. The third-order valence-electron chi connectivity index (χ3n) is 1.23. The molecule has 0 saturated carbocycles. The highest BCUT2D eigenvalue weighted by Gasteiger charge is 2.13. The number of aromatic nitrogens is 1. The summed E-state index contributed by atoms with van der Waals surface area (Å²) in [4.78, 5) is 21.1. The molecule has 0 aromatic carbocycles. The Hall–Kier alpha value is -1.65. The van der Waals surface area contributed by atoms with Crippen LogP contribution in [0.25, 0.3) is 0 Å². The SMILES string of the molecule is Cc1cc(C(=O)CC(=O)O)no1. The van der Waals surface area contributed by atoms with E-state index in [1.165, 1.54) is 6.07 Å². The number of hydrogen-bond donors (Lipinski definition) is 1. The highest BCUT2D eigenvalue weighted by molar-refractivity contribution is 6.04. The molecule has 0 saturated heterocycles. The first-order chi connectivity index (χ1) is 5.59. The van der Waals surface area contributed by atoms with Crippen molar-refractivity contribution in [2.24, 2.45) is 0 Å². The van der Waals surface area contributed by atoms with Gasteiger partial charge in [0.1, 0.15) is 17.9 Å². The third kappa shape index (κ3) is 1.91. The fourth-order valence-corrected chi connectivity index (χ4v) is 0.726. The molecule has 0 aliphatic carbocycles. The molecule has 1 aromatic rings. The van der Waals surface area contributed by atoms with Crippen LogP contribution in [0.15, 0.2) is 10.6 Å². The zero-order chi connectivity index (χ0) is 9.14. The van der Waals surface area contributed by atoms with E-state index in [0.29, 0.717) is 5.76 Å². The van der Waals surface area contributed by atoms with Crippen LogP contribution in [0.2, 0.25) is 0 Å². The Balaban J connectivity index is 2.72. The highest BCUT2D eigenvalue weighted by atomic mass is 16.5. The van der Waals surface area contributed by atoms with E-state index in [4.69, 9.17) is 5.11 Å². The number of hydrogen-bond acceptors (Lipinski definition) is 4. The van der Waals surface area contributed by atoms with Crippen LogP contribution in [-0.4, -0.2) is 22.0 Å². The molecule has 0 amide bonds. The van der Waals surface area contributed by atoms with Crippen LogP contribution < -0.4 is 0 Å². The maximum atomic E-state index is 11.0. The number of nitrogens with zero attached hydrogens (tertiary/aromatic N) is 1. The number of aliphatic carboxylic acids is 1. The van der Waals surface area contributed by atoms with E-state index < -0.39 is 18.2 Å². The van der Waals surface area contributed by atoms with Crippen LogP contribution in [-0.2, 0) is 4.79 Å². The Labute approximate surface area is 68.0 Å². The molecule has 0 bridgehead atoms. The van der Waals surface area contributed by atoms with Gasteiger partial charge in [-0.2, -0.15) is 0 Å². The molecule has 0 radical (unpaired) electrons. The maximum absolute atomic E-state index is 11.0. The number of rotatable bonds is 3. The topological polar surface area (TPSA) is 80.4 Å². The molecule has 0 aliphatic heterocycles. The average molecular weight is 169 g/mol. The second-order valence-electron chi connectivity index (χ2n) is 2.32. The number of ketones is 1. The van der Waals surface area contributed by atoms with Crippen molar-refractivity contribution < 1.29 is 19.2 Å². The first-order valence-corrected chi connectivity index (χ1v) is 3.28. The summed E-state index contributed by atoms with van der Waals surface area (Å²) in [5.41, 5.74) is 0.0647. The second kappa shape index (κ2) is 3.17. The molecule has 1 aromatic heterocycles. The summed E-state index contributed by atoms with van der Waals surface area (Å²) in [7, 11) is 0. The fourth-order valence-electron chi connectivity index (χ4n) is 0.726. The number of carbonyl (C=O) groups excluding carboxylic acids is 1. The Kier molecular flexibility index (Phi) is 2.23. The molecule has 0 spiro atoms. The largest absolute Gasteiger partial charge is 0.481 e. The van der Waals surface area contributed by atoms with Gasteiger partial charge in [0, 0.05) is 6.07 Å². The molecule has 64 valence electrons. The number of Topliss-reactive ketones (excluding diaryl/α,β-unsaturated/α-hetero) is 1. The summed E-state index contributed by atoms with van der Waals surface area (Å²) in [5.74, 6) is -1.22. The van der Waals surface area contributed by atoms with Gasteiger partial charge in [-0.3, -0.25) is 9.59 Å². The number of carboxylic acids is 1. The summed E-state index contributed by atoms with van der Waals surface area (Å²) < 4.78 is 4.60. The van der Waals surface area contributed by atoms with Crippen LogP contribution in [0.4, 0.5) is 0 Å². The summed E-state index contributed by atoms with van der Waals surface area (Å²) in [6, 6.07) is 1.41. The maximum Gasteiger partial charge on any atom is 0.311 e. The molecule has 5 heteroatoms. The molecule has 1 N–H and O–H groups in total. The summed E-state index contributed by atoms with van der Waals surface area (Å²) in [5, 5.41) is 11.7. The Morgan fingerprint density at radius 2 is 2.33 bits per heavy atom. The molecule has 0 fully saturated rings. The van der Waals surface area contributed by atoms with E-state index in [-0.39, 0.29) is 5.69 Å². The van der Waals surface area contributed by atoms with Crippen molar-refractivity contribution in [3.63, 3.8) is 0 Å². The number of carboxylic acid groups (broad SMARTS) is 1. The van der Waals surface area contributed by atoms with Gasteiger partial charge in [-0.15, -0.1) is 0 Å². The number of carbonyl (C=O) groups is 2. The zero-order valence-corrected chi connectivity index (χ0v) is 6.40. The zero-order valence-electron chi connectivity index (χ0n) is 6.40. The van der Waals surface area contributed by atoms with Crippen LogP contribution in [0, 0.1) is 6.92 Å². The lowest BCUT2D eigenvalue weighted by Gasteiger charge is -1.87. The standard InChI is InChI=1S/C7H7NO4/c1-4-2-5(8-12-4)6(9)3-7(10)11/h2H,3H2,1H3,(H,10,11). The van der Waals surface area contributed by atoms with E-state index in [1.807, 2.05) is 0 Å². The van der Waals surface area contributed by atoms with E-state index >= 15 is 0 Å². The van der Waals surface area contributed by atoms with Gasteiger partial charge in [-0.25, -0.2) is 0 Å². The minimum atomic E-state index is -1.17. The predicted molar refractivity (Wildman–Crippen MR) is 37.8 cm³/mol. The van der Waals surface area contributed by atoms with Crippen LogP contribution in [0.5, 0.6) is 0 Å². The number of aryl methyl sites for hydroxylation is 1. The van der Waals surface area contributed by atoms with Crippen molar-refractivity contribution in [1.29, 1.82) is 0 Å². The molecular formula is C7H7NO4. The normalized spacial score (nSPS) is 9.75. The van der Waals surface area contributed by atoms with Gasteiger partial charge in [0.25, 0.3) is 0 Å². The Morgan fingerprint density at radius 1 is 1.67 bits per heavy atom. The Bertz CT molecular complexity index is 315. The van der Waals surface area contributed by atoms with E-state index in [0.717, 1.165) is 0 Å². The lowest BCUT2D eigenvalue weighted by molar-refractivity contribution is -0.135. The molecule has 1 rings (SSSR count). The molecule has 0 unspecified atom stereocenters. The van der Waals surface area contributed by atoms with Gasteiger partial charge < -0.3 is 9.63 Å². The summed E-state index contributed by atoms with van der Waals surface area (Å²) >= 11 is 0. The minimum absolute atomic E-state index is 0.0647. The minimum Gasteiger partial charge on any atom is -0.481 e. The van der Waals surface area contributed by atoms with Crippen LogP contribution in [0.1, 0.15) is 22.7 Å². The second-order valence-corrected chi connectivity index (χ2v) is 2.32. The van der Waals surface area contributed by atoms with Crippen molar-refractivity contribution in [2.75, 3.05) is 0 Å². The first-order valence-electron chi connectivity index (χ1n) is 3.28. The molecule has 1 heterocycles. The average Bonchev–Trinajstić information content (AvgIpc) is 2.34. The monoisotopic (exact) mass is 169 g/mol. The van der Waals surface area contributed by atoms with E-state index in [2.05, 4.69) is 9.68 Å².